The smallest absolute Gasteiger partial charge is 0.209 e. The van der Waals surface area contributed by atoms with Gasteiger partial charge in [-0.1, -0.05) is 51.3 Å². The quantitative estimate of drug-likeness (QED) is 0.558. The molecule has 0 N–H and O–H groups in total. The lowest BCUT2D eigenvalue weighted by Crippen LogP contribution is -2.47. The van der Waals surface area contributed by atoms with Crippen molar-refractivity contribution in [1.29, 1.82) is 0 Å². The summed E-state index contributed by atoms with van der Waals surface area (Å²) >= 11 is 0. The molecule has 32 heavy (non-hydrogen) atoms. The second kappa shape index (κ2) is 6.45. The van der Waals surface area contributed by atoms with Crippen LogP contribution in [0.5, 0.6) is 0 Å². The summed E-state index contributed by atoms with van der Waals surface area (Å²) in [5, 5.41) is 0. The number of fused-ring (bicyclic) bond motifs is 6. The van der Waals surface area contributed by atoms with E-state index in [1.807, 2.05) is 12.2 Å². The van der Waals surface area contributed by atoms with Gasteiger partial charge >= 0.3 is 0 Å². The normalized spacial score (nSPS) is 29.1. The zero-order valence-corrected chi connectivity index (χ0v) is 19.7. The zero-order chi connectivity index (χ0) is 22.4. The van der Waals surface area contributed by atoms with Crippen LogP contribution in [0.1, 0.15) is 46.1 Å². The summed E-state index contributed by atoms with van der Waals surface area (Å²) in [6.45, 7) is 19.6. The summed E-state index contributed by atoms with van der Waals surface area (Å²) in [5.41, 5.74) is 10.6. The molecule has 0 aliphatic carbocycles. The van der Waals surface area contributed by atoms with Gasteiger partial charge in [-0.15, -0.1) is 0 Å². The third-order valence-electron chi connectivity index (χ3n) is 8.34. The lowest BCUT2D eigenvalue weighted by atomic mass is 9.73. The maximum absolute atomic E-state index is 6.86. The number of ether oxygens (including phenoxy) is 1. The fourth-order valence-electron chi connectivity index (χ4n) is 7.03. The Morgan fingerprint density at radius 2 is 1.81 bits per heavy atom. The Hall–Kier alpha value is -2.65. The fraction of sp³-hybridized carbons (Fsp3) is 0.414. The van der Waals surface area contributed by atoms with E-state index in [0.29, 0.717) is 0 Å². The molecule has 1 aromatic rings. The molecule has 0 saturated carbocycles. The molecule has 2 atom stereocenters. The minimum Gasteiger partial charge on any atom is -0.365 e. The lowest BCUT2D eigenvalue weighted by molar-refractivity contribution is -0.445. The first-order valence-corrected chi connectivity index (χ1v) is 11.9. The van der Waals surface area contributed by atoms with Crippen molar-refractivity contribution >= 4 is 11.4 Å². The third-order valence-corrected chi connectivity index (χ3v) is 8.34. The summed E-state index contributed by atoms with van der Waals surface area (Å²) in [5.74, 6) is 0. The van der Waals surface area contributed by atoms with Crippen LogP contribution < -0.4 is 0 Å². The van der Waals surface area contributed by atoms with Crippen molar-refractivity contribution in [2.24, 2.45) is 5.41 Å². The van der Waals surface area contributed by atoms with E-state index in [2.05, 4.69) is 80.7 Å². The molecular weight excluding hydrogens is 392 g/mol. The van der Waals surface area contributed by atoms with Crippen molar-refractivity contribution in [2.45, 2.75) is 58.2 Å². The van der Waals surface area contributed by atoms with Gasteiger partial charge in [-0.3, -0.25) is 0 Å². The van der Waals surface area contributed by atoms with Crippen LogP contribution in [0.4, 0.5) is 5.69 Å². The maximum Gasteiger partial charge on any atom is 0.209 e. The number of nitrogens with zero attached hydrogens (tertiary/aromatic N) is 2. The first-order chi connectivity index (χ1) is 15.3. The molecule has 164 valence electrons. The molecule has 5 aliphatic rings. The van der Waals surface area contributed by atoms with E-state index >= 15 is 0 Å². The first-order valence-electron chi connectivity index (χ1n) is 11.9. The van der Waals surface area contributed by atoms with Crippen LogP contribution in [0.15, 0.2) is 83.8 Å². The van der Waals surface area contributed by atoms with Crippen LogP contribution in [-0.2, 0) is 10.2 Å². The Bertz CT molecular complexity index is 1200. The van der Waals surface area contributed by atoms with Crippen molar-refractivity contribution in [3.05, 3.63) is 89.3 Å². The van der Waals surface area contributed by atoms with E-state index in [4.69, 9.17) is 4.74 Å². The van der Waals surface area contributed by atoms with Crippen LogP contribution >= 0.6 is 0 Å². The SMILES string of the molecule is C=CC1=C(C=C)C(C)(C)C2=C3C=C4C5=[N+](CCC4OC3CCN12)c1ccccc1C5(C)C. The van der Waals surface area contributed by atoms with E-state index in [1.165, 1.54) is 45.1 Å². The van der Waals surface area contributed by atoms with Crippen LogP contribution in [-0.4, -0.2) is 40.5 Å². The minimum atomic E-state index is -0.111. The first kappa shape index (κ1) is 20.0. The van der Waals surface area contributed by atoms with Gasteiger partial charge in [-0.25, -0.2) is 0 Å². The second-order valence-corrected chi connectivity index (χ2v) is 10.7. The number of allylic oxidation sites excluding steroid dienone is 3. The fourth-order valence-corrected chi connectivity index (χ4v) is 7.03. The van der Waals surface area contributed by atoms with Crippen LogP contribution in [0, 0.1) is 5.41 Å². The number of benzene rings is 1. The number of para-hydroxylation sites is 1. The van der Waals surface area contributed by atoms with Gasteiger partial charge in [-0.05, 0) is 38.0 Å². The largest absolute Gasteiger partial charge is 0.365 e. The highest BCUT2D eigenvalue weighted by atomic mass is 16.5. The standard InChI is InChI=1S/C29H33N2O/c1-7-20-22(8-2)30-15-13-24-18(26(30)28(20,3)4)17-19-25(32-24)14-16-31-23-12-10-9-11-21(23)29(5,6)27(19)31/h7-12,17,24-25H,1-2,13-16H2,3-6H3/q+1. The predicted octanol–water partition coefficient (Wildman–Crippen LogP) is 5.79. The average Bonchev–Trinajstić information content (AvgIpc) is 3.16. The van der Waals surface area contributed by atoms with Crippen molar-refractivity contribution < 1.29 is 9.31 Å². The molecule has 5 heterocycles. The highest BCUT2D eigenvalue weighted by Crippen LogP contribution is 2.54. The lowest BCUT2D eigenvalue weighted by Gasteiger charge is -2.43. The van der Waals surface area contributed by atoms with Gasteiger partial charge in [0.25, 0.3) is 0 Å². The Morgan fingerprint density at radius 3 is 2.56 bits per heavy atom. The van der Waals surface area contributed by atoms with E-state index < -0.39 is 0 Å². The average molecular weight is 426 g/mol. The summed E-state index contributed by atoms with van der Waals surface area (Å²) in [7, 11) is 0. The Balaban J connectivity index is 1.57. The molecule has 5 aliphatic heterocycles. The molecule has 0 radical (unpaired) electrons. The van der Waals surface area contributed by atoms with E-state index in [0.717, 1.165) is 25.9 Å². The van der Waals surface area contributed by atoms with Gasteiger partial charge in [0.2, 0.25) is 5.69 Å². The molecule has 3 nitrogen and oxygen atoms in total. The van der Waals surface area contributed by atoms with Crippen LogP contribution in [0.2, 0.25) is 0 Å². The van der Waals surface area contributed by atoms with Crippen LogP contribution in [0.25, 0.3) is 0 Å². The number of hydrogen-bond acceptors (Lipinski definition) is 2. The van der Waals surface area contributed by atoms with Gasteiger partial charge in [0, 0.05) is 52.6 Å². The number of rotatable bonds is 2. The second-order valence-electron chi connectivity index (χ2n) is 10.7. The van der Waals surface area contributed by atoms with Crippen molar-refractivity contribution in [2.75, 3.05) is 13.1 Å². The van der Waals surface area contributed by atoms with Crippen molar-refractivity contribution in [3.63, 3.8) is 0 Å². The summed E-state index contributed by atoms with van der Waals surface area (Å²) < 4.78 is 9.41. The molecule has 0 amide bonds. The van der Waals surface area contributed by atoms with Gasteiger partial charge in [-0.2, -0.15) is 4.58 Å². The van der Waals surface area contributed by atoms with Crippen LogP contribution in [0.3, 0.4) is 0 Å². The summed E-state index contributed by atoms with van der Waals surface area (Å²) in [6.07, 6.45) is 8.93. The van der Waals surface area contributed by atoms with Gasteiger partial charge < -0.3 is 9.64 Å². The Labute approximate surface area is 191 Å². The van der Waals surface area contributed by atoms with E-state index in [1.54, 1.807) is 0 Å². The molecule has 0 aromatic heterocycles. The van der Waals surface area contributed by atoms with Crippen molar-refractivity contribution in [3.8, 4) is 0 Å². The van der Waals surface area contributed by atoms with Gasteiger partial charge in [0.15, 0.2) is 12.3 Å². The Kier molecular flexibility index (Phi) is 4.03. The zero-order valence-electron chi connectivity index (χ0n) is 19.7. The predicted molar refractivity (Wildman–Crippen MR) is 130 cm³/mol. The Morgan fingerprint density at radius 1 is 1.03 bits per heavy atom. The highest BCUT2D eigenvalue weighted by molar-refractivity contribution is 6.08. The topological polar surface area (TPSA) is 15.5 Å². The molecule has 3 heteroatoms. The molecule has 0 saturated heterocycles. The monoisotopic (exact) mass is 425 g/mol. The molecule has 0 bridgehead atoms. The van der Waals surface area contributed by atoms with E-state index in [9.17, 15) is 0 Å². The van der Waals surface area contributed by atoms with Crippen molar-refractivity contribution in [1.82, 2.24) is 4.90 Å². The molecule has 0 spiro atoms. The maximum atomic E-state index is 6.86. The molecule has 6 rings (SSSR count). The molecule has 2 unspecified atom stereocenters. The highest BCUT2D eigenvalue weighted by Gasteiger charge is 2.54. The minimum absolute atomic E-state index is 0.0289. The molecule has 0 fully saturated rings. The van der Waals surface area contributed by atoms with E-state index in [-0.39, 0.29) is 23.0 Å². The molecular formula is C29H33N2O+. The summed E-state index contributed by atoms with van der Waals surface area (Å²) in [6, 6.07) is 8.90. The van der Waals surface area contributed by atoms with Gasteiger partial charge in [0.05, 0.1) is 17.6 Å². The van der Waals surface area contributed by atoms with Gasteiger partial charge in [0.1, 0.15) is 0 Å². The molecule has 1 aromatic carbocycles. The summed E-state index contributed by atoms with van der Waals surface area (Å²) in [4.78, 5) is 2.47. The third kappa shape index (κ3) is 2.33. The number of hydrogen-bond donors (Lipinski definition) is 0.